The predicted octanol–water partition coefficient (Wildman–Crippen LogP) is 8.42. The zero-order chi connectivity index (χ0) is 21.9. The first-order chi connectivity index (χ1) is 14.2. The Morgan fingerprint density at radius 1 is 0.900 bits per heavy atom. The topological polar surface area (TPSA) is 0 Å². The van der Waals surface area contributed by atoms with Crippen LogP contribution in [0, 0.1) is 23.4 Å². The molecule has 0 saturated heterocycles. The molecule has 2 aromatic carbocycles. The van der Waals surface area contributed by atoms with E-state index in [1.807, 2.05) is 0 Å². The fourth-order valence-electron chi connectivity index (χ4n) is 4.29. The van der Waals surface area contributed by atoms with Gasteiger partial charge in [0, 0.05) is 17.2 Å². The first kappa shape index (κ1) is 22.4. The first-order valence-corrected chi connectivity index (χ1v) is 10.2. The zero-order valence-corrected chi connectivity index (χ0v) is 16.7. The van der Waals surface area contributed by atoms with Crippen LogP contribution in [0.15, 0.2) is 36.4 Å². The molecule has 162 valence electrons. The Bertz CT molecular complexity index is 881. The van der Waals surface area contributed by atoms with Crippen molar-refractivity contribution in [2.24, 2.45) is 5.92 Å². The molecule has 0 nitrogen and oxygen atoms in total. The third-order valence-corrected chi connectivity index (χ3v) is 5.84. The van der Waals surface area contributed by atoms with Crippen LogP contribution in [0.3, 0.4) is 0 Å². The largest absolute Gasteiger partial charge is 0.409 e. The van der Waals surface area contributed by atoms with E-state index in [0.717, 1.165) is 55.7 Å². The minimum Gasteiger partial charge on any atom is -0.206 e. The van der Waals surface area contributed by atoms with Crippen molar-refractivity contribution in [2.45, 2.75) is 57.5 Å². The van der Waals surface area contributed by atoms with Crippen molar-refractivity contribution in [3.8, 4) is 11.1 Å². The first-order valence-electron chi connectivity index (χ1n) is 10.2. The smallest absolute Gasteiger partial charge is 0.206 e. The highest BCUT2D eigenvalue weighted by atomic mass is 19.4. The lowest BCUT2D eigenvalue weighted by Gasteiger charge is -2.28. The lowest BCUT2D eigenvalue weighted by atomic mass is 9.77. The maximum Gasteiger partial charge on any atom is 0.409 e. The molecule has 0 heterocycles. The van der Waals surface area contributed by atoms with Crippen LogP contribution in [0.4, 0.5) is 26.3 Å². The summed E-state index contributed by atoms with van der Waals surface area (Å²) in [7, 11) is 0. The van der Waals surface area contributed by atoms with Crippen molar-refractivity contribution in [3.05, 3.63) is 65.0 Å². The molecule has 3 rings (SSSR count). The van der Waals surface area contributed by atoms with Crippen molar-refractivity contribution in [1.82, 2.24) is 0 Å². The molecule has 2 aromatic rings. The molecule has 1 aliphatic carbocycles. The van der Waals surface area contributed by atoms with Crippen LogP contribution in [-0.2, 0) is 0 Å². The second-order valence-corrected chi connectivity index (χ2v) is 7.97. The second-order valence-electron chi connectivity index (χ2n) is 7.97. The summed E-state index contributed by atoms with van der Waals surface area (Å²) in [6.45, 7) is 2.17. The van der Waals surface area contributed by atoms with Gasteiger partial charge < -0.3 is 0 Å². The summed E-state index contributed by atoms with van der Waals surface area (Å²) < 4.78 is 79.9. The van der Waals surface area contributed by atoms with Gasteiger partial charge in [-0.2, -0.15) is 13.2 Å². The maximum atomic E-state index is 14.7. The summed E-state index contributed by atoms with van der Waals surface area (Å²) in [6, 6.07) is 6.38. The van der Waals surface area contributed by atoms with Gasteiger partial charge in [0.05, 0.1) is 0 Å². The van der Waals surface area contributed by atoms with Crippen molar-refractivity contribution in [2.75, 3.05) is 0 Å². The van der Waals surface area contributed by atoms with Gasteiger partial charge in [0.25, 0.3) is 0 Å². The number of benzene rings is 2. The highest BCUT2D eigenvalue weighted by Gasteiger charge is 2.24. The average Bonchev–Trinajstić information content (AvgIpc) is 2.67. The molecule has 0 aromatic heterocycles. The van der Waals surface area contributed by atoms with E-state index in [2.05, 4.69) is 6.92 Å². The van der Waals surface area contributed by atoms with E-state index < -0.39 is 29.2 Å². The Morgan fingerprint density at radius 3 is 2.07 bits per heavy atom. The number of alkyl halides is 3. The summed E-state index contributed by atoms with van der Waals surface area (Å²) in [5.74, 6) is -1.96. The van der Waals surface area contributed by atoms with Crippen molar-refractivity contribution < 1.29 is 26.3 Å². The van der Waals surface area contributed by atoms with Gasteiger partial charge in [-0.15, -0.1) is 0 Å². The Kier molecular flexibility index (Phi) is 6.94. The molecule has 0 radical (unpaired) electrons. The fourth-order valence-corrected chi connectivity index (χ4v) is 4.29. The van der Waals surface area contributed by atoms with Crippen LogP contribution in [0.5, 0.6) is 0 Å². The third-order valence-electron chi connectivity index (χ3n) is 5.84. The van der Waals surface area contributed by atoms with Gasteiger partial charge in [-0.3, -0.25) is 0 Å². The highest BCUT2D eigenvalue weighted by molar-refractivity contribution is 5.67. The molecule has 1 saturated carbocycles. The summed E-state index contributed by atoms with van der Waals surface area (Å²) in [6.07, 6.45) is 2.01. The Balaban J connectivity index is 1.81. The van der Waals surface area contributed by atoms with E-state index >= 15 is 0 Å². The monoisotopic (exact) mass is 426 g/mol. The minimum absolute atomic E-state index is 0.0163. The lowest BCUT2D eigenvalue weighted by Crippen LogP contribution is -2.13. The predicted molar refractivity (Wildman–Crippen MR) is 106 cm³/mol. The summed E-state index contributed by atoms with van der Waals surface area (Å²) in [5, 5.41) is 0. The van der Waals surface area contributed by atoms with Crippen molar-refractivity contribution in [3.63, 3.8) is 0 Å². The molecule has 0 bridgehead atoms. The van der Waals surface area contributed by atoms with Crippen LogP contribution >= 0.6 is 0 Å². The van der Waals surface area contributed by atoms with Gasteiger partial charge in [0.1, 0.15) is 17.5 Å². The van der Waals surface area contributed by atoms with Gasteiger partial charge in [-0.1, -0.05) is 31.9 Å². The minimum atomic E-state index is -4.69. The number of hydrogen-bond acceptors (Lipinski definition) is 0. The van der Waals surface area contributed by atoms with Gasteiger partial charge >= 0.3 is 6.18 Å². The van der Waals surface area contributed by atoms with E-state index in [4.69, 9.17) is 0 Å². The molecule has 0 amide bonds. The quantitative estimate of drug-likeness (QED) is 0.421. The van der Waals surface area contributed by atoms with Crippen molar-refractivity contribution in [1.29, 1.82) is 0 Å². The van der Waals surface area contributed by atoms with Crippen LogP contribution < -0.4 is 0 Å². The number of halogens is 6. The molecule has 6 heteroatoms. The molecular weight excluding hydrogens is 402 g/mol. The number of rotatable bonds is 5. The third kappa shape index (κ3) is 5.46. The molecule has 0 spiro atoms. The molecule has 1 fully saturated rings. The Labute approximate surface area is 172 Å². The van der Waals surface area contributed by atoms with Gasteiger partial charge in [0.15, 0.2) is 0 Å². The summed E-state index contributed by atoms with van der Waals surface area (Å²) in [5.41, 5.74) is 0.0289. The van der Waals surface area contributed by atoms with Crippen LogP contribution in [0.25, 0.3) is 17.2 Å². The number of allylic oxidation sites excluding steroid dienone is 1. The molecular formula is C24H24F6. The SMILES string of the molecule is CCC[C@H]1CC[C@H](c2ccc(-c3cc(F)c(C=CC(F)(F)F)c(F)c3)c(F)c2)CC1. The summed E-state index contributed by atoms with van der Waals surface area (Å²) in [4.78, 5) is 0. The zero-order valence-electron chi connectivity index (χ0n) is 16.7. The second kappa shape index (κ2) is 9.27. The van der Waals surface area contributed by atoms with E-state index in [9.17, 15) is 26.3 Å². The normalized spacial score (nSPS) is 20.1. The fraction of sp³-hybridized carbons (Fsp3) is 0.417. The number of hydrogen-bond donors (Lipinski definition) is 0. The van der Waals surface area contributed by atoms with Crippen LogP contribution in [-0.4, -0.2) is 6.18 Å². The molecule has 0 aliphatic heterocycles. The molecule has 1 aliphatic rings. The molecule has 0 N–H and O–H groups in total. The van der Waals surface area contributed by atoms with E-state index in [1.165, 1.54) is 18.6 Å². The highest BCUT2D eigenvalue weighted by Crippen LogP contribution is 2.39. The molecule has 0 unspecified atom stereocenters. The van der Waals surface area contributed by atoms with E-state index in [0.29, 0.717) is 6.08 Å². The molecule has 30 heavy (non-hydrogen) atoms. The average molecular weight is 426 g/mol. The van der Waals surface area contributed by atoms with Gasteiger partial charge in [-0.05, 0) is 72.9 Å². The van der Waals surface area contributed by atoms with Gasteiger partial charge in [-0.25, -0.2) is 13.2 Å². The van der Waals surface area contributed by atoms with E-state index in [-0.39, 0.29) is 23.1 Å². The summed E-state index contributed by atoms with van der Waals surface area (Å²) >= 11 is 0. The van der Waals surface area contributed by atoms with Crippen molar-refractivity contribution >= 4 is 6.08 Å². The maximum absolute atomic E-state index is 14.7. The standard InChI is InChI=1S/C24H24F6/c1-2-3-15-4-6-16(7-5-15)17-8-9-19(21(25)12-17)18-13-22(26)20(23(27)14-18)10-11-24(28,29)30/h8-16H,2-7H2,1H3/t15-,16-. The van der Waals surface area contributed by atoms with Crippen LogP contribution in [0.2, 0.25) is 0 Å². The van der Waals surface area contributed by atoms with Gasteiger partial charge in [0.2, 0.25) is 0 Å². The van der Waals surface area contributed by atoms with E-state index in [1.54, 1.807) is 6.07 Å². The van der Waals surface area contributed by atoms with Crippen LogP contribution in [0.1, 0.15) is 62.5 Å². The Hall–Kier alpha value is -2.24. The Morgan fingerprint density at radius 2 is 1.53 bits per heavy atom. The molecule has 0 atom stereocenters. The lowest BCUT2D eigenvalue weighted by molar-refractivity contribution is -0.0790.